The van der Waals surface area contributed by atoms with Crippen molar-refractivity contribution in [2.24, 2.45) is 0 Å². The number of piperazine rings is 1. The van der Waals surface area contributed by atoms with Crippen molar-refractivity contribution in [3.05, 3.63) is 35.2 Å². The first-order valence-corrected chi connectivity index (χ1v) is 8.32. The Hall–Kier alpha value is -2.35. The number of aromatic nitrogens is 1. The third-order valence-corrected chi connectivity index (χ3v) is 4.54. The van der Waals surface area contributed by atoms with Gasteiger partial charge in [0.1, 0.15) is 0 Å². The summed E-state index contributed by atoms with van der Waals surface area (Å²) in [7, 11) is 0. The number of nitrogen functional groups attached to an aromatic ring is 1. The Morgan fingerprint density at radius 2 is 2.00 bits per heavy atom. The van der Waals surface area contributed by atoms with Gasteiger partial charge in [0.25, 0.3) is 5.91 Å². The van der Waals surface area contributed by atoms with Crippen LogP contribution in [0.2, 0.25) is 0 Å². The van der Waals surface area contributed by atoms with Crippen LogP contribution in [0.4, 0.5) is 5.13 Å². The lowest BCUT2D eigenvalue weighted by Crippen LogP contribution is -2.50. The number of nitrogens with zero attached hydrogens (tertiary/aromatic N) is 3. The number of aryl methyl sites for hydroxylation is 1. The maximum atomic E-state index is 12.2. The Kier molecular flexibility index (Phi) is 4.61. The number of hydrogen-bond acceptors (Lipinski definition) is 6. The fourth-order valence-electron chi connectivity index (χ4n) is 2.55. The molecule has 3 rings (SSSR count). The third kappa shape index (κ3) is 3.70. The number of thiazole rings is 1. The Morgan fingerprint density at radius 3 is 2.61 bits per heavy atom. The number of hydrogen-bond donors (Lipinski definition) is 1. The molecule has 1 aliphatic heterocycles. The van der Waals surface area contributed by atoms with E-state index in [9.17, 15) is 9.59 Å². The molecule has 122 valence electrons. The molecule has 8 heteroatoms. The summed E-state index contributed by atoms with van der Waals surface area (Å²) in [6, 6.07) is 3.34. The molecule has 1 fully saturated rings. The largest absolute Gasteiger partial charge is 0.459 e. The van der Waals surface area contributed by atoms with Crippen LogP contribution in [0, 0.1) is 0 Å². The first-order valence-electron chi connectivity index (χ1n) is 7.44. The lowest BCUT2D eigenvalue weighted by Gasteiger charge is -2.34. The Morgan fingerprint density at radius 1 is 1.26 bits per heavy atom. The average molecular weight is 334 g/mol. The van der Waals surface area contributed by atoms with E-state index in [1.165, 1.54) is 17.6 Å². The normalized spacial score (nSPS) is 15.0. The second-order valence-electron chi connectivity index (χ2n) is 5.33. The molecule has 0 atom stereocenters. The summed E-state index contributed by atoms with van der Waals surface area (Å²) < 4.78 is 5.12. The summed E-state index contributed by atoms with van der Waals surface area (Å²) in [4.78, 5) is 32.1. The van der Waals surface area contributed by atoms with Gasteiger partial charge in [-0.25, -0.2) is 4.98 Å². The van der Waals surface area contributed by atoms with Crippen LogP contribution < -0.4 is 5.73 Å². The quantitative estimate of drug-likeness (QED) is 0.908. The highest BCUT2D eigenvalue weighted by Gasteiger charge is 2.25. The van der Waals surface area contributed by atoms with Gasteiger partial charge in [-0.1, -0.05) is 0 Å². The molecule has 2 amide bonds. The Balaban J connectivity index is 1.46. The molecule has 0 spiro atoms. The first kappa shape index (κ1) is 15.5. The SMILES string of the molecule is Nc1nc(CCC(=O)N2CCN(C(=O)c3ccco3)CC2)cs1. The second kappa shape index (κ2) is 6.82. The number of amides is 2. The number of anilines is 1. The van der Waals surface area contributed by atoms with Gasteiger partial charge in [-0.15, -0.1) is 11.3 Å². The number of furan rings is 1. The van der Waals surface area contributed by atoms with Crippen LogP contribution in [0.3, 0.4) is 0 Å². The monoisotopic (exact) mass is 334 g/mol. The summed E-state index contributed by atoms with van der Waals surface area (Å²) in [6.45, 7) is 2.14. The van der Waals surface area contributed by atoms with Gasteiger partial charge >= 0.3 is 0 Å². The van der Waals surface area contributed by atoms with Crippen LogP contribution in [-0.2, 0) is 11.2 Å². The molecule has 2 aromatic heterocycles. The molecule has 0 saturated carbocycles. The van der Waals surface area contributed by atoms with Crippen molar-refractivity contribution in [2.45, 2.75) is 12.8 Å². The molecule has 1 aliphatic rings. The third-order valence-electron chi connectivity index (χ3n) is 3.82. The summed E-state index contributed by atoms with van der Waals surface area (Å²) >= 11 is 1.38. The fourth-order valence-corrected chi connectivity index (χ4v) is 3.14. The van der Waals surface area contributed by atoms with E-state index in [4.69, 9.17) is 10.2 Å². The predicted molar refractivity (Wildman–Crippen MR) is 86.0 cm³/mol. The Labute approximate surface area is 137 Å². The highest BCUT2D eigenvalue weighted by Crippen LogP contribution is 2.14. The molecule has 23 heavy (non-hydrogen) atoms. The van der Waals surface area contributed by atoms with Crippen LogP contribution in [0.5, 0.6) is 0 Å². The molecule has 0 aliphatic carbocycles. The lowest BCUT2D eigenvalue weighted by atomic mass is 10.2. The van der Waals surface area contributed by atoms with Gasteiger partial charge in [0.15, 0.2) is 10.9 Å². The van der Waals surface area contributed by atoms with Gasteiger partial charge in [0.2, 0.25) is 5.91 Å². The molecule has 3 heterocycles. The minimum absolute atomic E-state index is 0.0849. The first-order chi connectivity index (χ1) is 11.1. The van der Waals surface area contributed by atoms with Crippen molar-refractivity contribution in [1.82, 2.24) is 14.8 Å². The summed E-state index contributed by atoms with van der Waals surface area (Å²) in [5.74, 6) is 0.299. The molecule has 2 aromatic rings. The lowest BCUT2D eigenvalue weighted by molar-refractivity contribution is -0.132. The maximum Gasteiger partial charge on any atom is 0.289 e. The van der Waals surface area contributed by atoms with E-state index in [1.54, 1.807) is 21.9 Å². The average Bonchev–Trinajstić information content (AvgIpc) is 3.24. The van der Waals surface area contributed by atoms with Crippen molar-refractivity contribution in [3.8, 4) is 0 Å². The van der Waals surface area contributed by atoms with Gasteiger partial charge in [0, 0.05) is 38.0 Å². The van der Waals surface area contributed by atoms with Crippen molar-refractivity contribution in [1.29, 1.82) is 0 Å². The van der Waals surface area contributed by atoms with Crippen molar-refractivity contribution < 1.29 is 14.0 Å². The molecule has 0 aromatic carbocycles. The molecule has 0 unspecified atom stereocenters. The highest BCUT2D eigenvalue weighted by atomic mass is 32.1. The zero-order chi connectivity index (χ0) is 16.2. The highest BCUT2D eigenvalue weighted by molar-refractivity contribution is 7.13. The smallest absolute Gasteiger partial charge is 0.289 e. The molecular weight excluding hydrogens is 316 g/mol. The predicted octanol–water partition coefficient (Wildman–Crippen LogP) is 1.24. The molecule has 2 N–H and O–H groups in total. The van der Waals surface area contributed by atoms with Crippen LogP contribution in [0.1, 0.15) is 22.7 Å². The van der Waals surface area contributed by atoms with E-state index in [1.807, 2.05) is 5.38 Å². The minimum Gasteiger partial charge on any atom is -0.459 e. The molecule has 1 saturated heterocycles. The minimum atomic E-state index is -0.125. The van der Waals surface area contributed by atoms with Gasteiger partial charge in [0.05, 0.1) is 12.0 Å². The zero-order valence-electron chi connectivity index (χ0n) is 12.6. The van der Waals surface area contributed by atoms with Gasteiger partial charge in [-0.05, 0) is 18.6 Å². The number of carbonyl (C=O) groups excluding carboxylic acids is 2. The van der Waals surface area contributed by atoms with Crippen LogP contribution in [-0.4, -0.2) is 52.8 Å². The molecule has 0 radical (unpaired) electrons. The zero-order valence-corrected chi connectivity index (χ0v) is 13.4. The molecular formula is C15H18N4O3S. The van der Waals surface area contributed by atoms with Crippen LogP contribution in [0.15, 0.2) is 28.2 Å². The van der Waals surface area contributed by atoms with E-state index in [2.05, 4.69) is 4.98 Å². The topological polar surface area (TPSA) is 92.7 Å². The van der Waals surface area contributed by atoms with Crippen LogP contribution in [0.25, 0.3) is 0 Å². The Bertz CT molecular complexity index is 675. The maximum absolute atomic E-state index is 12.2. The van der Waals surface area contributed by atoms with Crippen LogP contribution >= 0.6 is 11.3 Å². The van der Waals surface area contributed by atoms with Gasteiger partial charge in [-0.3, -0.25) is 9.59 Å². The number of rotatable bonds is 4. The van der Waals surface area contributed by atoms with E-state index in [0.717, 1.165) is 5.69 Å². The summed E-state index contributed by atoms with van der Waals surface area (Å²) in [5.41, 5.74) is 6.43. The van der Waals surface area contributed by atoms with Crippen molar-refractivity contribution in [2.75, 3.05) is 31.9 Å². The molecule has 0 bridgehead atoms. The molecule has 7 nitrogen and oxygen atoms in total. The summed E-state index contributed by atoms with van der Waals surface area (Å²) in [6.07, 6.45) is 2.49. The van der Waals surface area contributed by atoms with E-state index in [-0.39, 0.29) is 11.8 Å². The van der Waals surface area contributed by atoms with E-state index < -0.39 is 0 Å². The standard InChI is InChI=1S/C15H18N4O3S/c16-15-17-11(10-23-15)3-4-13(20)18-5-7-19(8-6-18)14(21)12-2-1-9-22-12/h1-2,9-10H,3-8H2,(H2,16,17). The second-order valence-corrected chi connectivity index (χ2v) is 6.22. The van der Waals surface area contributed by atoms with Crippen molar-refractivity contribution in [3.63, 3.8) is 0 Å². The van der Waals surface area contributed by atoms with E-state index >= 15 is 0 Å². The number of nitrogens with two attached hydrogens (primary N) is 1. The van der Waals surface area contributed by atoms with Gasteiger partial charge in [-0.2, -0.15) is 0 Å². The van der Waals surface area contributed by atoms with Gasteiger partial charge < -0.3 is 20.0 Å². The fraction of sp³-hybridized carbons (Fsp3) is 0.400. The summed E-state index contributed by atoms with van der Waals surface area (Å²) in [5, 5.41) is 2.40. The van der Waals surface area contributed by atoms with E-state index in [0.29, 0.717) is 49.9 Å². The van der Waals surface area contributed by atoms with Crippen molar-refractivity contribution >= 4 is 28.3 Å². The number of carbonyl (C=O) groups is 2.